The highest BCUT2D eigenvalue weighted by Crippen LogP contribution is 2.35. The largest absolute Gasteiger partial charge is 0.497 e. The van der Waals surface area contributed by atoms with Crippen LogP contribution in [-0.2, 0) is 11.2 Å². The standard InChI is InChI=1S/C26H23NO2/c1-3-19-9-13-23(14-10-19)27-25(21-7-5-4-6-8-21)18-22(26(27)28)17-20-11-15-24(29-2)16-12-20/h4-18H,3H2,1-2H3/b22-17+. The molecule has 29 heavy (non-hydrogen) atoms. The highest BCUT2D eigenvalue weighted by molar-refractivity contribution is 6.23. The lowest BCUT2D eigenvalue weighted by atomic mass is 10.1. The summed E-state index contributed by atoms with van der Waals surface area (Å²) in [5.74, 6) is 0.770. The van der Waals surface area contributed by atoms with E-state index in [9.17, 15) is 4.79 Å². The van der Waals surface area contributed by atoms with Gasteiger partial charge in [0.1, 0.15) is 5.75 Å². The number of methoxy groups -OCH3 is 1. The van der Waals surface area contributed by atoms with Gasteiger partial charge in [0.2, 0.25) is 0 Å². The lowest BCUT2D eigenvalue weighted by Crippen LogP contribution is -2.24. The maximum absolute atomic E-state index is 13.4. The molecule has 1 aliphatic rings. The molecule has 1 aliphatic heterocycles. The Morgan fingerprint density at radius 1 is 0.897 bits per heavy atom. The Morgan fingerprint density at radius 3 is 2.21 bits per heavy atom. The van der Waals surface area contributed by atoms with E-state index in [0.717, 1.165) is 34.7 Å². The molecule has 0 spiro atoms. The van der Waals surface area contributed by atoms with Crippen molar-refractivity contribution in [2.45, 2.75) is 13.3 Å². The summed E-state index contributed by atoms with van der Waals surface area (Å²) in [5.41, 5.74) is 5.65. The van der Waals surface area contributed by atoms with Crippen LogP contribution >= 0.6 is 0 Å². The number of benzene rings is 3. The van der Waals surface area contributed by atoms with Gasteiger partial charge in [-0.1, -0.05) is 61.5 Å². The maximum atomic E-state index is 13.4. The normalized spacial score (nSPS) is 15.0. The van der Waals surface area contributed by atoms with Crippen molar-refractivity contribution in [2.75, 3.05) is 12.0 Å². The maximum Gasteiger partial charge on any atom is 0.262 e. The van der Waals surface area contributed by atoms with Crippen molar-refractivity contribution in [2.24, 2.45) is 0 Å². The number of hydrogen-bond donors (Lipinski definition) is 0. The van der Waals surface area contributed by atoms with Crippen LogP contribution in [0.3, 0.4) is 0 Å². The zero-order valence-electron chi connectivity index (χ0n) is 16.6. The van der Waals surface area contributed by atoms with Gasteiger partial charge in [-0.3, -0.25) is 9.69 Å². The molecule has 0 N–H and O–H groups in total. The Morgan fingerprint density at radius 2 is 1.59 bits per heavy atom. The molecule has 0 radical (unpaired) electrons. The summed E-state index contributed by atoms with van der Waals surface area (Å²) >= 11 is 0. The van der Waals surface area contributed by atoms with Gasteiger partial charge in [-0.25, -0.2) is 0 Å². The summed E-state index contributed by atoms with van der Waals surface area (Å²) in [4.78, 5) is 15.1. The zero-order valence-corrected chi connectivity index (χ0v) is 16.6. The molecule has 0 aliphatic carbocycles. The summed E-state index contributed by atoms with van der Waals surface area (Å²) in [6, 6.07) is 25.9. The zero-order chi connectivity index (χ0) is 20.2. The molecule has 3 aromatic carbocycles. The predicted molar refractivity (Wildman–Crippen MR) is 119 cm³/mol. The molecule has 144 valence electrons. The number of amides is 1. The lowest BCUT2D eigenvalue weighted by Gasteiger charge is -2.21. The topological polar surface area (TPSA) is 29.5 Å². The molecule has 1 heterocycles. The van der Waals surface area contributed by atoms with Crippen molar-refractivity contribution in [1.82, 2.24) is 0 Å². The van der Waals surface area contributed by atoms with Gasteiger partial charge < -0.3 is 4.74 Å². The highest BCUT2D eigenvalue weighted by Gasteiger charge is 2.30. The van der Waals surface area contributed by atoms with Crippen LogP contribution in [0.1, 0.15) is 23.6 Å². The molecule has 3 nitrogen and oxygen atoms in total. The monoisotopic (exact) mass is 381 g/mol. The van der Waals surface area contributed by atoms with Gasteiger partial charge in [0, 0.05) is 11.3 Å². The number of ether oxygens (including phenoxy) is 1. The molecule has 1 amide bonds. The first-order chi connectivity index (χ1) is 14.2. The second-order valence-electron chi connectivity index (χ2n) is 6.93. The molecule has 0 aromatic heterocycles. The molecule has 0 saturated heterocycles. The van der Waals surface area contributed by atoms with Gasteiger partial charge in [0.05, 0.1) is 12.8 Å². The molecular formula is C26H23NO2. The molecule has 0 bridgehead atoms. The summed E-state index contributed by atoms with van der Waals surface area (Å²) in [5, 5.41) is 0. The minimum Gasteiger partial charge on any atom is -0.497 e. The highest BCUT2D eigenvalue weighted by atomic mass is 16.5. The molecule has 0 saturated carbocycles. The van der Waals surface area contributed by atoms with E-state index >= 15 is 0 Å². The number of nitrogens with zero attached hydrogens (tertiary/aromatic N) is 1. The van der Waals surface area contributed by atoms with E-state index in [2.05, 4.69) is 19.1 Å². The number of hydrogen-bond acceptors (Lipinski definition) is 2. The van der Waals surface area contributed by atoms with Crippen molar-refractivity contribution < 1.29 is 9.53 Å². The molecule has 4 rings (SSSR count). The first-order valence-corrected chi connectivity index (χ1v) is 9.76. The van der Waals surface area contributed by atoms with Gasteiger partial charge >= 0.3 is 0 Å². The van der Waals surface area contributed by atoms with Crippen LogP contribution in [0.5, 0.6) is 5.75 Å². The second-order valence-corrected chi connectivity index (χ2v) is 6.93. The van der Waals surface area contributed by atoms with E-state index in [4.69, 9.17) is 4.74 Å². The average Bonchev–Trinajstić information content (AvgIpc) is 3.11. The summed E-state index contributed by atoms with van der Waals surface area (Å²) in [6.07, 6.45) is 4.86. The van der Waals surface area contributed by atoms with Crippen molar-refractivity contribution in [1.29, 1.82) is 0 Å². The third-order valence-electron chi connectivity index (χ3n) is 5.09. The van der Waals surface area contributed by atoms with Crippen LogP contribution in [-0.4, -0.2) is 13.0 Å². The number of rotatable bonds is 5. The summed E-state index contributed by atoms with van der Waals surface area (Å²) in [7, 11) is 1.64. The molecule has 3 aromatic rings. The van der Waals surface area contributed by atoms with Crippen LogP contribution in [0.2, 0.25) is 0 Å². The minimum atomic E-state index is -0.0241. The molecule has 0 unspecified atom stereocenters. The first-order valence-electron chi connectivity index (χ1n) is 9.76. The number of aryl methyl sites for hydroxylation is 1. The third-order valence-corrected chi connectivity index (χ3v) is 5.09. The number of carbonyl (C=O) groups excluding carboxylic acids is 1. The molecule has 0 atom stereocenters. The molecular weight excluding hydrogens is 358 g/mol. The Kier molecular flexibility index (Phi) is 5.30. The number of anilines is 1. The van der Waals surface area contributed by atoms with E-state index < -0.39 is 0 Å². The second kappa shape index (κ2) is 8.19. The smallest absolute Gasteiger partial charge is 0.262 e. The predicted octanol–water partition coefficient (Wildman–Crippen LogP) is 5.73. The van der Waals surface area contributed by atoms with Gasteiger partial charge in [0.15, 0.2) is 0 Å². The number of carbonyl (C=O) groups is 1. The van der Waals surface area contributed by atoms with Crippen LogP contribution in [0.25, 0.3) is 11.8 Å². The van der Waals surface area contributed by atoms with Gasteiger partial charge in [-0.15, -0.1) is 0 Å². The van der Waals surface area contributed by atoms with Crippen molar-refractivity contribution >= 4 is 23.4 Å². The lowest BCUT2D eigenvalue weighted by molar-refractivity contribution is -0.113. The van der Waals surface area contributed by atoms with E-state index in [1.54, 1.807) is 12.0 Å². The van der Waals surface area contributed by atoms with Gasteiger partial charge in [0.25, 0.3) is 5.91 Å². The van der Waals surface area contributed by atoms with Gasteiger partial charge in [-0.05, 0) is 59.5 Å². The fraction of sp³-hybridized carbons (Fsp3) is 0.115. The fourth-order valence-corrected chi connectivity index (χ4v) is 3.45. The van der Waals surface area contributed by atoms with Crippen LogP contribution < -0.4 is 9.64 Å². The van der Waals surface area contributed by atoms with E-state index in [1.165, 1.54) is 5.56 Å². The summed E-state index contributed by atoms with van der Waals surface area (Å²) in [6.45, 7) is 2.13. The van der Waals surface area contributed by atoms with Crippen molar-refractivity contribution in [3.63, 3.8) is 0 Å². The first kappa shape index (κ1) is 18.8. The van der Waals surface area contributed by atoms with Crippen molar-refractivity contribution in [3.05, 3.63) is 107 Å². The Hall–Kier alpha value is -3.59. The molecule has 0 fully saturated rings. The van der Waals surface area contributed by atoms with E-state index in [1.807, 2.05) is 78.9 Å². The Balaban J connectivity index is 1.76. The molecule has 3 heteroatoms. The van der Waals surface area contributed by atoms with Gasteiger partial charge in [-0.2, -0.15) is 0 Å². The Labute approximate surface area is 171 Å². The third kappa shape index (κ3) is 3.85. The summed E-state index contributed by atoms with van der Waals surface area (Å²) < 4.78 is 5.22. The SMILES string of the molecule is CCc1ccc(N2C(=O)/C(=C/c3ccc(OC)cc3)C=C2c2ccccc2)cc1. The van der Waals surface area contributed by atoms with Crippen LogP contribution in [0.4, 0.5) is 5.69 Å². The average molecular weight is 381 g/mol. The minimum absolute atomic E-state index is 0.0241. The Bertz CT molecular complexity index is 1060. The van der Waals surface area contributed by atoms with Crippen LogP contribution in [0.15, 0.2) is 90.5 Å². The van der Waals surface area contributed by atoms with Crippen LogP contribution in [0, 0.1) is 0 Å². The fourth-order valence-electron chi connectivity index (χ4n) is 3.45. The van der Waals surface area contributed by atoms with E-state index in [-0.39, 0.29) is 5.91 Å². The quantitative estimate of drug-likeness (QED) is 0.528. The van der Waals surface area contributed by atoms with Crippen molar-refractivity contribution in [3.8, 4) is 5.75 Å². The van der Waals surface area contributed by atoms with E-state index in [0.29, 0.717) is 5.57 Å².